The summed E-state index contributed by atoms with van der Waals surface area (Å²) in [6.45, 7) is 4.12. The van der Waals surface area contributed by atoms with Gasteiger partial charge in [0.2, 0.25) is 0 Å². The van der Waals surface area contributed by atoms with Gasteiger partial charge in [-0.05, 0) is 46.8 Å². The summed E-state index contributed by atoms with van der Waals surface area (Å²) in [5.74, 6) is 5.68. The molecule has 7 heteroatoms. The van der Waals surface area contributed by atoms with E-state index in [1.54, 1.807) is 17.5 Å². The number of nitrogens with one attached hydrogen (secondary N) is 1. The SMILES string of the molecule is CC(C)n1ncc(Cl)c1C(NN)c1csc(Br)c1. The summed E-state index contributed by atoms with van der Waals surface area (Å²) < 4.78 is 2.95. The number of nitrogens with zero attached hydrogens (tertiary/aromatic N) is 2. The minimum Gasteiger partial charge on any atom is -0.271 e. The smallest absolute Gasteiger partial charge is 0.0902 e. The zero-order chi connectivity index (χ0) is 13.3. The molecule has 0 amide bonds. The Balaban J connectivity index is 2.47. The summed E-state index contributed by atoms with van der Waals surface area (Å²) in [5, 5.41) is 6.96. The second-order valence-electron chi connectivity index (χ2n) is 4.20. The number of hydrogen-bond acceptors (Lipinski definition) is 4. The van der Waals surface area contributed by atoms with Crippen molar-refractivity contribution in [2.24, 2.45) is 5.84 Å². The molecule has 0 bridgehead atoms. The van der Waals surface area contributed by atoms with E-state index in [1.165, 1.54) is 0 Å². The molecule has 1 atom stereocenters. The molecule has 0 saturated carbocycles. The van der Waals surface area contributed by atoms with Crippen molar-refractivity contribution in [3.63, 3.8) is 0 Å². The normalized spacial score (nSPS) is 13.2. The third-order valence-electron chi connectivity index (χ3n) is 2.64. The molecule has 0 aliphatic carbocycles. The molecule has 0 aromatic carbocycles. The summed E-state index contributed by atoms with van der Waals surface area (Å²) in [6.07, 6.45) is 1.66. The molecule has 0 saturated heterocycles. The Morgan fingerprint density at radius 1 is 1.56 bits per heavy atom. The highest BCUT2D eigenvalue weighted by Crippen LogP contribution is 2.33. The van der Waals surface area contributed by atoms with E-state index in [1.807, 2.05) is 16.1 Å². The molecule has 2 aromatic heterocycles. The van der Waals surface area contributed by atoms with E-state index in [-0.39, 0.29) is 12.1 Å². The quantitative estimate of drug-likeness (QED) is 0.656. The van der Waals surface area contributed by atoms with Gasteiger partial charge in [-0.2, -0.15) is 5.10 Å². The van der Waals surface area contributed by atoms with E-state index in [4.69, 9.17) is 17.4 Å². The lowest BCUT2D eigenvalue weighted by molar-refractivity contribution is 0.477. The summed E-state index contributed by atoms with van der Waals surface area (Å²) >= 11 is 11.3. The maximum Gasteiger partial charge on any atom is 0.0902 e. The van der Waals surface area contributed by atoms with Gasteiger partial charge >= 0.3 is 0 Å². The van der Waals surface area contributed by atoms with Gasteiger partial charge < -0.3 is 0 Å². The van der Waals surface area contributed by atoms with Gasteiger partial charge in [-0.25, -0.2) is 5.43 Å². The monoisotopic (exact) mass is 348 g/mol. The van der Waals surface area contributed by atoms with Crippen LogP contribution >= 0.6 is 38.9 Å². The molecule has 0 aliphatic heterocycles. The van der Waals surface area contributed by atoms with Crippen molar-refractivity contribution in [1.82, 2.24) is 15.2 Å². The van der Waals surface area contributed by atoms with E-state index in [9.17, 15) is 0 Å². The molecular weight excluding hydrogens is 336 g/mol. The molecule has 18 heavy (non-hydrogen) atoms. The molecule has 98 valence electrons. The first-order chi connectivity index (χ1) is 8.54. The first-order valence-electron chi connectivity index (χ1n) is 5.47. The van der Waals surface area contributed by atoms with Gasteiger partial charge in [0.1, 0.15) is 0 Å². The summed E-state index contributed by atoms with van der Waals surface area (Å²) in [5.41, 5.74) is 4.77. The second kappa shape index (κ2) is 5.71. The third-order valence-corrected chi connectivity index (χ3v) is 4.45. The Bertz CT molecular complexity index is 537. The van der Waals surface area contributed by atoms with Crippen molar-refractivity contribution in [3.05, 3.63) is 37.7 Å². The van der Waals surface area contributed by atoms with Crippen LogP contribution in [0.25, 0.3) is 0 Å². The zero-order valence-electron chi connectivity index (χ0n) is 10.0. The number of halogens is 2. The predicted octanol–water partition coefficient (Wildman–Crippen LogP) is 3.49. The van der Waals surface area contributed by atoms with Crippen LogP contribution in [0, 0.1) is 0 Å². The minimum atomic E-state index is -0.162. The van der Waals surface area contributed by atoms with Gasteiger partial charge in [0, 0.05) is 6.04 Å². The maximum atomic E-state index is 6.23. The van der Waals surface area contributed by atoms with Crippen molar-refractivity contribution in [3.8, 4) is 0 Å². The first kappa shape index (κ1) is 14.0. The van der Waals surface area contributed by atoms with Crippen LogP contribution in [0.3, 0.4) is 0 Å². The van der Waals surface area contributed by atoms with Crippen LogP contribution in [-0.2, 0) is 0 Å². The number of hydrogen-bond donors (Lipinski definition) is 2. The molecule has 2 heterocycles. The van der Waals surface area contributed by atoms with Crippen LogP contribution < -0.4 is 11.3 Å². The van der Waals surface area contributed by atoms with Crippen molar-refractivity contribution in [2.75, 3.05) is 0 Å². The van der Waals surface area contributed by atoms with Crippen LogP contribution in [-0.4, -0.2) is 9.78 Å². The van der Waals surface area contributed by atoms with E-state index >= 15 is 0 Å². The Labute approximate surface area is 123 Å². The highest BCUT2D eigenvalue weighted by molar-refractivity contribution is 9.11. The lowest BCUT2D eigenvalue weighted by Crippen LogP contribution is -2.31. The van der Waals surface area contributed by atoms with Gasteiger partial charge in [-0.15, -0.1) is 11.3 Å². The summed E-state index contributed by atoms with van der Waals surface area (Å²) in [7, 11) is 0. The highest BCUT2D eigenvalue weighted by atomic mass is 79.9. The van der Waals surface area contributed by atoms with Crippen LogP contribution in [0.15, 0.2) is 21.4 Å². The third kappa shape index (κ3) is 2.62. The zero-order valence-corrected chi connectivity index (χ0v) is 13.2. The molecule has 3 N–H and O–H groups in total. The Morgan fingerprint density at radius 2 is 2.28 bits per heavy atom. The maximum absolute atomic E-state index is 6.23. The molecule has 0 fully saturated rings. The van der Waals surface area contributed by atoms with Gasteiger partial charge in [0.05, 0.1) is 26.7 Å². The molecule has 2 aromatic rings. The van der Waals surface area contributed by atoms with Gasteiger partial charge in [-0.3, -0.25) is 10.5 Å². The molecule has 0 aliphatic rings. The number of hydrazine groups is 1. The van der Waals surface area contributed by atoms with E-state index in [2.05, 4.69) is 40.3 Å². The molecule has 4 nitrogen and oxygen atoms in total. The summed E-state index contributed by atoms with van der Waals surface area (Å²) in [6, 6.07) is 2.10. The minimum absolute atomic E-state index is 0.162. The fourth-order valence-electron chi connectivity index (χ4n) is 1.84. The van der Waals surface area contributed by atoms with Crippen LogP contribution in [0.4, 0.5) is 0 Å². The van der Waals surface area contributed by atoms with Crippen LogP contribution in [0.1, 0.15) is 37.2 Å². The van der Waals surface area contributed by atoms with E-state index in [0.717, 1.165) is 15.0 Å². The fraction of sp³-hybridized carbons (Fsp3) is 0.364. The largest absolute Gasteiger partial charge is 0.271 e. The standard InChI is InChI=1S/C11H14BrClN4S/c1-6(2)17-11(8(13)4-15-17)10(16-14)7-3-9(12)18-5-7/h3-6,10,16H,14H2,1-2H3. The lowest BCUT2D eigenvalue weighted by Gasteiger charge is -2.19. The van der Waals surface area contributed by atoms with Crippen molar-refractivity contribution in [1.29, 1.82) is 0 Å². The van der Waals surface area contributed by atoms with Gasteiger partial charge in [0.25, 0.3) is 0 Å². The second-order valence-corrected chi connectivity index (χ2v) is 6.90. The number of rotatable bonds is 4. The molecular formula is C11H14BrClN4S. The molecule has 1 unspecified atom stereocenters. The topological polar surface area (TPSA) is 55.9 Å². The molecule has 0 spiro atoms. The van der Waals surface area contributed by atoms with E-state index < -0.39 is 0 Å². The lowest BCUT2D eigenvalue weighted by atomic mass is 10.1. The van der Waals surface area contributed by atoms with Crippen molar-refractivity contribution < 1.29 is 0 Å². The molecule has 0 radical (unpaired) electrons. The average Bonchev–Trinajstić information content (AvgIpc) is 2.88. The highest BCUT2D eigenvalue weighted by Gasteiger charge is 2.23. The Kier molecular flexibility index (Phi) is 4.45. The summed E-state index contributed by atoms with van der Waals surface area (Å²) in [4.78, 5) is 0. The van der Waals surface area contributed by atoms with Crippen LogP contribution in [0.2, 0.25) is 5.02 Å². The van der Waals surface area contributed by atoms with E-state index in [0.29, 0.717) is 5.02 Å². The van der Waals surface area contributed by atoms with Gasteiger partial charge in [0.15, 0.2) is 0 Å². The van der Waals surface area contributed by atoms with Crippen molar-refractivity contribution >= 4 is 38.9 Å². The average molecular weight is 350 g/mol. The first-order valence-corrected chi connectivity index (χ1v) is 7.52. The number of aromatic nitrogens is 2. The van der Waals surface area contributed by atoms with Crippen molar-refractivity contribution in [2.45, 2.75) is 25.9 Å². The predicted molar refractivity (Wildman–Crippen MR) is 78.8 cm³/mol. The Morgan fingerprint density at radius 3 is 2.78 bits per heavy atom. The van der Waals surface area contributed by atoms with Gasteiger partial charge in [-0.1, -0.05) is 11.6 Å². The molecule has 2 rings (SSSR count). The number of thiophene rings is 1. The fourth-order valence-corrected chi connectivity index (χ4v) is 3.28. The Hall–Kier alpha value is -0.400. The number of nitrogens with two attached hydrogens (primary N) is 1. The van der Waals surface area contributed by atoms with Crippen LogP contribution in [0.5, 0.6) is 0 Å².